The molecule has 2 aromatic heterocycles. The van der Waals surface area contributed by atoms with Gasteiger partial charge in [-0.2, -0.15) is 0 Å². The van der Waals surface area contributed by atoms with Gasteiger partial charge < -0.3 is 14.5 Å². The summed E-state index contributed by atoms with van der Waals surface area (Å²) in [6, 6.07) is 7.80. The molecule has 0 unspecified atom stereocenters. The Morgan fingerprint density at radius 1 is 1.27 bits per heavy atom. The van der Waals surface area contributed by atoms with Crippen LogP contribution in [0.2, 0.25) is 0 Å². The summed E-state index contributed by atoms with van der Waals surface area (Å²) in [4.78, 5) is 12.6. The Bertz CT molecular complexity index is 1040. The van der Waals surface area contributed by atoms with Crippen LogP contribution < -0.4 is 5.32 Å². The lowest BCUT2D eigenvalue weighted by molar-refractivity contribution is -0.113. The average Bonchev–Trinajstić information content (AvgIpc) is 3.46. The predicted octanol–water partition coefficient (Wildman–Crippen LogP) is 4.37. The molecule has 0 aliphatic carbocycles. The number of anilines is 1. The van der Waals surface area contributed by atoms with E-state index in [1.165, 1.54) is 11.8 Å². The fraction of sp³-hybridized carbons (Fsp3) is 0.409. The van der Waals surface area contributed by atoms with Gasteiger partial charge >= 0.3 is 0 Å². The molecule has 1 aromatic carbocycles. The molecule has 0 saturated carbocycles. The van der Waals surface area contributed by atoms with Gasteiger partial charge in [-0.3, -0.25) is 9.36 Å². The number of hydrogen-bond acceptors (Lipinski definition) is 6. The Labute approximate surface area is 180 Å². The third kappa shape index (κ3) is 4.44. The largest absolute Gasteiger partial charge is 0.469 e. The van der Waals surface area contributed by atoms with Gasteiger partial charge in [0.1, 0.15) is 5.76 Å². The van der Waals surface area contributed by atoms with E-state index in [0.29, 0.717) is 11.7 Å². The molecule has 1 fully saturated rings. The van der Waals surface area contributed by atoms with E-state index in [1.807, 2.05) is 49.6 Å². The number of aromatic nitrogens is 3. The molecule has 0 spiro atoms. The topological polar surface area (TPSA) is 82.2 Å². The quantitative estimate of drug-likeness (QED) is 0.565. The van der Waals surface area contributed by atoms with Gasteiger partial charge in [0.15, 0.2) is 11.0 Å². The lowest BCUT2D eigenvalue weighted by atomic mass is 10.1. The molecule has 1 aliphatic heterocycles. The predicted molar refractivity (Wildman–Crippen MR) is 117 cm³/mol. The number of carbonyl (C=O) groups excluding carboxylic acids is 1. The number of aryl methyl sites for hydroxylation is 2. The van der Waals surface area contributed by atoms with Gasteiger partial charge in [0, 0.05) is 12.3 Å². The number of ether oxygens (including phenoxy) is 1. The summed E-state index contributed by atoms with van der Waals surface area (Å²) in [7, 11) is 0. The van der Waals surface area contributed by atoms with Gasteiger partial charge in [-0.25, -0.2) is 0 Å². The fourth-order valence-electron chi connectivity index (χ4n) is 3.57. The van der Waals surface area contributed by atoms with Crippen molar-refractivity contribution in [3.8, 4) is 11.4 Å². The highest BCUT2D eigenvalue weighted by Gasteiger charge is 2.23. The van der Waals surface area contributed by atoms with Crippen molar-refractivity contribution in [2.75, 3.05) is 17.7 Å². The summed E-state index contributed by atoms with van der Waals surface area (Å²) < 4.78 is 13.3. The Morgan fingerprint density at radius 2 is 2.13 bits per heavy atom. The van der Waals surface area contributed by atoms with Crippen molar-refractivity contribution in [2.24, 2.45) is 0 Å². The monoisotopic (exact) mass is 426 g/mol. The van der Waals surface area contributed by atoms with Crippen LogP contribution in [0.1, 0.15) is 29.7 Å². The van der Waals surface area contributed by atoms with Crippen LogP contribution in [0.3, 0.4) is 0 Å². The molecule has 8 heteroatoms. The number of carbonyl (C=O) groups is 1. The number of amides is 1. The molecule has 1 saturated heterocycles. The van der Waals surface area contributed by atoms with Gasteiger partial charge in [-0.15, -0.1) is 10.2 Å². The average molecular weight is 427 g/mol. The smallest absolute Gasteiger partial charge is 0.234 e. The van der Waals surface area contributed by atoms with Crippen LogP contribution in [0, 0.1) is 20.8 Å². The molecule has 1 amide bonds. The third-order valence-electron chi connectivity index (χ3n) is 5.44. The minimum absolute atomic E-state index is 0.0681. The van der Waals surface area contributed by atoms with Crippen LogP contribution in [0.25, 0.3) is 11.4 Å². The van der Waals surface area contributed by atoms with E-state index < -0.39 is 0 Å². The highest BCUT2D eigenvalue weighted by atomic mass is 32.2. The number of nitrogens with one attached hydrogen (secondary N) is 1. The van der Waals surface area contributed by atoms with Crippen LogP contribution in [-0.2, 0) is 16.1 Å². The zero-order valence-corrected chi connectivity index (χ0v) is 18.3. The Kier molecular flexibility index (Phi) is 6.24. The number of rotatable bonds is 7. The van der Waals surface area contributed by atoms with Gasteiger partial charge in [-0.05, 0) is 56.9 Å². The van der Waals surface area contributed by atoms with Crippen molar-refractivity contribution in [1.29, 1.82) is 0 Å². The molecule has 3 heterocycles. The summed E-state index contributed by atoms with van der Waals surface area (Å²) in [6.07, 6.45) is 3.86. The van der Waals surface area contributed by atoms with E-state index in [0.717, 1.165) is 53.4 Å². The Hall–Kier alpha value is -2.58. The van der Waals surface area contributed by atoms with Crippen molar-refractivity contribution >= 4 is 23.4 Å². The molecule has 0 radical (unpaired) electrons. The molecule has 7 nitrogen and oxygen atoms in total. The first kappa shape index (κ1) is 20.7. The van der Waals surface area contributed by atoms with Crippen molar-refractivity contribution < 1.29 is 13.9 Å². The van der Waals surface area contributed by atoms with E-state index in [9.17, 15) is 4.79 Å². The van der Waals surface area contributed by atoms with E-state index in [4.69, 9.17) is 9.15 Å². The first-order valence-corrected chi connectivity index (χ1v) is 11.1. The van der Waals surface area contributed by atoms with Crippen molar-refractivity contribution in [3.63, 3.8) is 0 Å². The number of thioether (sulfide) groups is 1. The number of hydrogen-bond donors (Lipinski definition) is 1. The lowest BCUT2D eigenvalue weighted by Gasteiger charge is -2.14. The molecule has 4 rings (SSSR count). The van der Waals surface area contributed by atoms with Gasteiger partial charge in [0.05, 0.1) is 30.2 Å². The normalized spacial score (nSPS) is 16.2. The maximum absolute atomic E-state index is 12.6. The van der Waals surface area contributed by atoms with E-state index in [1.54, 1.807) is 6.26 Å². The fourth-order valence-corrected chi connectivity index (χ4v) is 4.32. The Morgan fingerprint density at radius 3 is 2.87 bits per heavy atom. The molecule has 1 aliphatic rings. The molecule has 158 valence electrons. The standard InChI is InChI=1S/C22H26N4O3S/c1-14-6-4-8-19(15(14)2)23-20(27)13-30-22-25-24-21(18-9-11-28-16(18)3)26(22)12-17-7-5-10-29-17/h4,6,8-9,11,17H,5,7,10,12-13H2,1-3H3,(H,23,27)/t17-/m1/s1. The van der Waals surface area contributed by atoms with Crippen LogP contribution in [0.15, 0.2) is 40.1 Å². The summed E-state index contributed by atoms with van der Waals surface area (Å²) in [5, 5.41) is 12.5. The maximum atomic E-state index is 12.6. The highest BCUT2D eigenvalue weighted by Crippen LogP contribution is 2.29. The van der Waals surface area contributed by atoms with Crippen LogP contribution in [0.4, 0.5) is 5.69 Å². The van der Waals surface area contributed by atoms with Gasteiger partial charge in [0.2, 0.25) is 5.91 Å². The third-order valence-corrected chi connectivity index (χ3v) is 6.40. The van der Waals surface area contributed by atoms with Crippen molar-refractivity contribution in [2.45, 2.75) is 51.4 Å². The first-order valence-electron chi connectivity index (χ1n) is 10.1. The van der Waals surface area contributed by atoms with Crippen LogP contribution in [0.5, 0.6) is 0 Å². The number of nitrogens with zero attached hydrogens (tertiary/aromatic N) is 3. The molecule has 0 bridgehead atoms. The Balaban J connectivity index is 1.50. The lowest BCUT2D eigenvalue weighted by Crippen LogP contribution is -2.18. The SMILES string of the molecule is Cc1cccc(NC(=O)CSc2nnc(-c3ccoc3C)n2C[C@H]2CCCO2)c1C. The van der Waals surface area contributed by atoms with Crippen LogP contribution in [-0.4, -0.2) is 39.1 Å². The summed E-state index contributed by atoms with van der Waals surface area (Å²) in [6.45, 7) is 7.40. The molecular formula is C22H26N4O3S. The number of benzene rings is 1. The molecule has 3 aromatic rings. The second-order valence-corrected chi connectivity index (χ2v) is 8.47. The van der Waals surface area contributed by atoms with Crippen LogP contribution >= 0.6 is 11.8 Å². The second-order valence-electron chi connectivity index (χ2n) is 7.53. The zero-order valence-electron chi connectivity index (χ0n) is 17.5. The zero-order chi connectivity index (χ0) is 21.1. The summed E-state index contributed by atoms with van der Waals surface area (Å²) >= 11 is 1.38. The molecular weight excluding hydrogens is 400 g/mol. The molecule has 30 heavy (non-hydrogen) atoms. The second kappa shape index (κ2) is 9.06. The minimum atomic E-state index is -0.0681. The van der Waals surface area contributed by atoms with E-state index in [2.05, 4.69) is 15.5 Å². The summed E-state index contributed by atoms with van der Waals surface area (Å²) in [5.74, 6) is 1.72. The van der Waals surface area contributed by atoms with Crippen molar-refractivity contribution in [3.05, 3.63) is 47.4 Å². The van der Waals surface area contributed by atoms with Crippen molar-refractivity contribution in [1.82, 2.24) is 14.8 Å². The highest BCUT2D eigenvalue weighted by molar-refractivity contribution is 7.99. The van der Waals surface area contributed by atoms with Gasteiger partial charge in [-0.1, -0.05) is 23.9 Å². The van der Waals surface area contributed by atoms with E-state index >= 15 is 0 Å². The first-order chi connectivity index (χ1) is 14.5. The summed E-state index contributed by atoms with van der Waals surface area (Å²) in [5.41, 5.74) is 3.98. The minimum Gasteiger partial charge on any atom is -0.469 e. The number of furan rings is 1. The maximum Gasteiger partial charge on any atom is 0.234 e. The molecule has 1 N–H and O–H groups in total. The van der Waals surface area contributed by atoms with E-state index in [-0.39, 0.29) is 17.8 Å². The van der Waals surface area contributed by atoms with Gasteiger partial charge in [0.25, 0.3) is 0 Å². The molecule has 1 atom stereocenters.